The Kier molecular flexibility index (Phi) is 4.15. The lowest BCUT2D eigenvalue weighted by molar-refractivity contribution is -0.134. The van der Waals surface area contributed by atoms with Crippen molar-refractivity contribution in [2.45, 2.75) is 18.9 Å². The second-order valence-corrected chi connectivity index (χ2v) is 6.19. The van der Waals surface area contributed by atoms with Crippen molar-refractivity contribution in [1.82, 2.24) is 15.6 Å². The van der Waals surface area contributed by atoms with Gasteiger partial charge in [0.2, 0.25) is 17.7 Å². The summed E-state index contributed by atoms with van der Waals surface area (Å²) in [6, 6.07) is 9.69. The fourth-order valence-electron chi connectivity index (χ4n) is 2.85. The van der Waals surface area contributed by atoms with Gasteiger partial charge in [0.05, 0.1) is 0 Å². The molecule has 4 rings (SSSR count). The van der Waals surface area contributed by atoms with E-state index in [1.807, 2.05) is 0 Å². The molecule has 3 aromatic rings. The molecule has 1 saturated heterocycles. The Labute approximate surface area is 152 Å². The predicted octanol–water partition coefficient (Wildman–Crippen LogP) is 2.17. The summed E-state index contributed by atoms with van der Waals surface area (Å²) in [7, 11) is 0. The van der Waals surface area contributed by atoms with E-state index in [-0.39, 0.29) is 24.6 Å². The van der Waals surface area contributed by atoms with Crippen molar-refractivity contribution in [2.24, 2.45) is 0 Å². The molecule has 7 nitrogen and oxygen atoms in total. The van der Waals surface area contributed by atoms with Gasteiger partial charge in [0, 0.05) is 17.5 Å². The van der Waals surface area contributed by atoms with E-state index >= 15 is 0 Å². The minimum atomic E-state index is -0.754. The second kappa shape index (κ2) is 6.64. The van der Waals surface area contributed by atoms with Gasteiger partial charge in [-0.15, -0.1) is 0 Å². The average Bonchev–Trinajstić information content (AvgIpc) is 3.07. The van der Waals surface area contributed by atoms with Crippen LogP contribution in [0.2, 0.25) is 0 Å². The highest BCUT2D eigenvalue weighted by Crippen LogP contribution is 2.25. The SMILES string of the molecule is O=C1CCC(NC(=O)c2ccc3nc(-c4ccc(F)cc4)oc3c2)C(=O)N1. The van der Waals surface area contributed by atoms with Crippen LogP contribution >= 0.6 is 0 Å². The smallest absolute Gasteiger partial charge is 0.252 e. The summed E-state index contributed by atoms with van der Waals surface area (Å²) in [5, 5.41) is 4.80. The summed E-state index contributed by atoms with van der Waals surface area (Å²) in [4.78, 5) is 39.7. The highest BCUT2D eigenvalue weighted by atomic mass is 19.1. The number of hydrogen-bond donors (Lipinski definition) is 2. The number of carbonyl (C=O) groups is 3. The lowest BCUT2D eigenvalue weighted by Crippen LogP contribution is -2.52. The number of nitrogens with one attached hydrogen (secondary N) is 2. The van der Waals surface area contributed by atoms with E-state index < -0.39 is 17.9 Å². The molecule has 1 unspecified atom stereocenters. The number of hydrogen-bond acceptors (Lipinski definition) is 5. The van der Waals surface area contributed by atoms with Crippen LogP contribution in [0.25, 0.3) is 22.6 Å². The van der Waals surface area contributed by atoms with Crippen LogP contribution in [0.1, 0.15) is 23.2 Å². The monoisotopic (exact) mass is 367 g/mol. The average molecular weight is 367 g/mol. The van der Waals surface area contributed by atoms with Crippen LogP contribution in [0, 0.1) is 5.82 Å². The Bertz CT molecular complexity index is 1060. The number of imide groups is 1. The fourth-order valence-corrected chi connectivity index (χ4v) is 2.85. The lowest BCUT2D eigenvalue weighted by atomic mass is 10.1. The number of piperidine rings is 1. The topological polar surface area (TPSA) is 101 Å². The van der Waals surface area contributed by atoms with Crippen LogP contribution in [0.3, 0.4) is 0 Å². The van der Waals surface area contributed by atoms with Crippen molar-refractivity contribution in [3.63, 3.8) is 0 Å². The summed E-state index contributed by atoms with van der Waals surface area (Å²) >= 11 is 0. The van der Waals surface area contributed by atoms with Gasteiger partial charge in [0.1, 0.15) is 17.4 Å². The van der Waals surface area contributed by atoms with Gasteiger partial charge in [0.25, 0.3) is 5.91 Å². The van der Waals surface area contributed by atoms with Gasteiger partial charge in [-0.05, 0) is 48.9 Å². The van der Waals surface area contributed by atoms with Crippen molar-refractivity contribution in [2.75, 3.05) is 0 Å². The van der Waals surface area contributed by atoms with Gasteiger partial charge in [0.15, 0.2) is 5.58 Å². The van der Waals surface area contributed by atoms with Crippen molar-refractivity contribution in [3.8, 4) is 11.5 Å². The maximum atomic E-state index is 13.0. The quantitative estimate of drug-likeness (QED) is 0.691. The van der Waals surface area contributed by atoms with Gasteiger partial charge in [-0.3, -0.25) is 19.7 Å². The summed E-state index contributed by atoms with van der Waals surface area (Å²) < 4.78 is 18.7. The summed E-state index contributed by atoms with van der Waals surface area (Å²) in [5.74, 6) is -1.36. The minimum absolute atomic E-state index is 0.179. The van der Waals surface area contributed by atoms with Gasteiger partial charge in [-0.2, -0.15) is 0 Å². The number of fused-ring (bicyclic) bond motifs is 1. The van der Waals surface area contributed by atoms with Gasteiger partial charge >= 0.3 is 0 Å². The van der Waals surface area contributed by atoms with Crippen molar-refractivity contribution < 1.29 is 23.2 Å². The molecule has 0 saturated carbocycles. The number of aromatic nitrogens is 1. The van der Waals surface area contributed by atoms with Crippen LogP contribution in [-0.2, 0) is 9.59 Å². The van der Waals surface area contributed by atoms with E-state index in [9.17, 15) is 18.8 Å². The second-order valence-electron chi connectivity index (χ2n) is 6.19. The number of benzene rings is 2. The molecule has 1 atom stereocenters. The standard InChI is InChI=1S/C19H14FN3O4/c20-12-4-1-10(2-5-12)19-22-13-6-3-11(9-15(13)27-19)17(25)21-14-7-8-16(24)23-18(14)26/h1-6,9,14H,7-8H2,(H,21,25)(H,23,24,26). The zero-order chi connectivity index (χ0) is 19.0. The van der Waals surface area contributed by atoms with E-state index in [1.54, 1.807) is 24.3 Å². The molecule has 0 bridgehead atoms. The zero-order valence-electron chi connectivity index (χ0n) is 14.0. The van der Waals surface area contributed by atoms with Crippen LogP contribution in [0.4, 0.5) is 4.39 Å². The fraction of sp³-hybridized carbons (Fsp3) is 0.158. The van der Waals surface area contributed by atoms with Crippen molar-refractivity contribution >= 4 is 28.8 Å². The van der Waals surface area contributed by atoms with Crippen molar-refractivity contribution in [3.05, 3.63) is 53.8 Å². The highest BCUT2D eigenvalue weighted by molar-refractivity contribution is 6.04. The number of nitrogens with zero attached hydrogens (tertiary/aromatic N) is 1. The first kappa shape index (κ1) is 16.9. The molecule has 8 heteroatoms. The van der Waals surface area contributed by atoms with Gasteiger partial charge < -0.3 is 9.73 Å². The Morgan fingerprint density at radius 3 is 2.70 bits per heavy atom. The summed E-state index contributed by atoms with van der Waals surface area (Å²) in [6.45, 7) is 0. The van der Waals surface area contributed by atoms with E-state index in [2.05, 4.69) is 15.6 Å². The highest BCUT2D eigenvalue weighted by Gasteiger charge is 2.28. The molecule has 0 aliphatic carbocycles. The number of halogens is 1. The molecule has 2 aromatic carbocycles. The van der Waals surface area contributed by atoms with Gasteiger partial charge in [-0.25, -0.2) is 9.37 Å². The largest absolute Gasteiger partial charge is 0.436 e. The number of carbonyl (C=O) groups excluding carboxylic acids is 3. The normalized spacial score (nSPS) is 17.0. The molecule has 1 aliphatic rings. The van der Waals surface area contributed by atoms with Crippen molar-refractivity contribution in [1.29, 1.82) is 0 Å². The molecule has 136 valence electrons. The molecular formula is C19H14FN3O4. The third-order valence-electron chi connectivity index (χ3n) is 4.29. The van der Waals surface area contributed by atoms with E-state index in [0.717, 1.165) is 0 Å². The maximum absolute atomic E-state index is 13.0. The molecule has 2 heterocycles. The molecule has 27 heavy (non-hydrogen) atoms. The Balaban J connectivity index is 1.56. The molecule has 3 amide bonds. The van der Waals surface area contributed by atoms with E-state index in [1.165, 1.54) is 18.2 Å². The van der Waals surface area contributed by atoms with Crippen LogP contribution in [-0.4, -0.2) is 28.7 Å². The molecule has 0 spiro atoms. The minimum Gasteiger partial charge on any atom is -0.436 e. The number of rotatable bonds is 3. The van der Waals surface area contributed by atoms with Crippen LogP contribution in [0.15, 0.2) is 46.9 Å². The first-order valence-corrected chi connectivity index (χ1v) is 8.31. The van der Waals surface area contributed by atoms with Crippen LogP contribution in [0.5, 0.6) is 0 Å². The van der Waals surface area contributed by atoms with Crippen LogP contribution < -0.4 is 10.6 Å². The van der Waals surface area contributed by atoms with Gasteiger partial charge in [-0.1, -0.05) is 0 Å². The lowest BCUT2D eigenvalue weighted by Gasteiger charge is -2.21. The summed E-state index contributed by atoms with van der Waals surface area (Å²) in [5.41, 5.74) is 1.85. The first-order chi connectivity index (χ1) is 13.0. The zero-order valence-corrected chi connectivity index (χ0v) is 14.0. The molecule has 2 N–H and O–H groups in total. The molecular weight excluding hydrogens is 353 g/mol. The summed E-state index contributed by atoms with van der Waals surface area (Å²) in [6.07, 6.45) is 0.439. The molecule has 0 radical (unpaired) electrons. The van der Waals surface area contributed by atoms with E-state index in [4.69, 9.17) is 4.42 Å². The predicted molar refractivity (Wildman–Crippen MR) is 93.0 cm³/mol. The maximum Gasteiger partial charge on any atom is 0.252 e. The third-order valence-corrected chi connectivity index (χ3v) is 4.29. The Morgan fingerprint density at radius 2 is 1.96 bits per heavy atom. The number of oxazole rings is 1. The first-order valence-electron chi connectivity index (χ1n) is 8.31. The Morgan fingerprint density at radius 1 is 1.19 bits per heavy atom. The molecule has 1 fully saturated rings. The Hall–Kier alpha value is -3.55. The molecule has 1 aromatic heterocycles. The number of amides is 3. The third kappa shape index (κ3) is 3.41. The van der Waals surface area contributed by atoms with E-state index in [0.29, 0.717) is 28.1 Å². The molecule has 1 aliphatic heterocycles.